The van der Waals surface area contributed by atoms with Crippen molar-refractivity contribution in [1.82, 2.24) is 9.55 Å². The van der Waals surface area contributed by atoms with E-state index in [1.165, 1.54) is 17.0 Å². The molecule has 0 atom stereocenters. The van der Waals surface area contributed by atoms with E-state index in [-0.39, 0.29) is 11.6 Å². The van der Waals surface area contributed by atoms with Crippen LogP contribution in [0.5, 0.6) is 0 Å². The SMILES string of the molecule is Cc1cc(C(=O)C[NH+]2CCN(c3ccc(F)cc3)CC2)c(C)n1-c1nccs1. The number of hydrogen-bond acceptors (Lipinski definition) is 4. The first-order chi connectivity index (χ1) is 13.5. The Labute approximate surface area is 168 Å². The van der Waals surface area contributed by atoms with Gasteiger partial charge >= 0.3 is 0 Å². The van der Waals surface area contributed by atoms with Crippen LogP contribution in [0.15, 0.2) is 41.9 Å². The fourth-order valence-corrected chi connectivity index (χ4v) is 4.65. The zero-order valence-electron chi connectivity index (χ0n) is 16.1. The second-order valence-electron chi connectivity index (χ2n) is 7.25. The lowest BCUT2D eigenvalue weighted by Gasteiger charge is -2.33. The van der Waals surface area contributed by atoms with Gasteiger partial charge in [0.05, 0.1) is 26.2 Å². The monoisotopic (exact) mass is 399 g/mol. The minimum Gasteiger partial charge on any atom is -0.360 e. The standard InChI is InChI=1S/C21H23FN4OS/c1-15-13-19(16(2)26(15)21-23-7-12-28-21)20(27)14-24-8-10-25(11-9-24)18-5-3-17(22)4-6-18/h3-7,12-13H,8-11,14H2,1-2H3/p+1. The molecule has 1 N–H and O–H groups in total. The van der Waals surface area contributed by atoms with Crippen molar-refractivity contribution in [3.63, 3.8) is 0 Å². The van der Waals surface area contributed by atoms with Crippen LogP contribution in [0.3, 0.4) is 0 Å². The summed E-state index contributed by atoms with van der Waals surface area (Å²) in [5.74, 6) is -0.0323. The number of nitrogens with one attached hydrogen (secondary N) is 1. The fourth-order valence-electron chi connectivity index (χ4n) is 3.90. The first kappa shape index (κ1) is 18.8. The lowest BCUT2D eigenvalue weighted by Crippen LogP contribution is -3.15. The third-order valence-electron chi connectivity index (χ3n) is 5.41. The molecule has 0 amide bonds. The van der Waals surface area contributed by atoms with Crippen LogP contribution in [0.25, 0.3) is 5.13 Å². The Bertz CT molecular complexity index is 957. The Hall–Kier alpha value is -2.51. The molecule has 4 rings (SSSR count). The molecule has 7 heteroatoms. The summed E-state index contributed by atoms with van der Waals surface area (Å²) >= 11 is 1.57. The Morgan fingerprint density at radius 3 is 2.57 bits per heavy atom. The van der Waals surface area contributed by atoms with Crippen molar-refractivity contribution >= 4 is 22.8 Å². The highest BCUT2D eigenvalue weighted by Crippen LogP contribution is 2.22. The van der Waals surface area contributed by atoms with Crippen LogP contribution in [0.1, 0.15) is 21.7 Å². The average molecular weight is 400 g/mol. The van der Waals surface area contributed by atoms with Crippen molar-refractivity contribution in [2.75, 3.05) is 37.6 Å². The summed E-state index contributed by atoms with van der Waals surface area (Å²) in [5.41, 5.74) is 3.83. The number of Topliss-reactive ketones (excluding diaryl/α,β-unsaturated/α-hetero) is 1. The van der Waals surface area contributed by atoms with Gasteiger partial charge in [0.25, 0.3) is 0 Å². The van der Waals surface area contributed by atoms with E-state index in [2.05, 4.69) is 14.5 Å². The highest BCUT2D eigenvalue weighted by Gasteiger charge is 2.25. The number of benzene rings is 1. The van der Waals surface area contributed by atoms with Gasteiger partial charge in [-0.2, -0.15) is 0 Å². The summed E-state index contributed by atoms with van der Waals surface area (Å²) in [4.78, 5) is 20.9. The van der Waals surface area contributed by atoms with Crippen molar-refractivity contribution in [3.8, 4) is 5.13 Å². The molecular weight excluding hydrogens is 375 g/mol. The van der Waals surface area contributed by atoms with Gasteiger partial charge in [0.2, 0.25) is 5.78 Å². The number of carbonyl (C=O) groups is 1. The maximum absolute atomic E-state index is 13.1. The number of aryl methyl sites for hydroxylation is 1. The van der Waals surface area contributed by atoms with Crippen molar-refractivity contribution in [1.29, 1.82) is 0 Å². The van der Waals surface area contributed by atoms with Gasteiger partial charge in [0.1, 0.15) is 12.4 Å². The molecule has 0 saturated carbocycles. The van der Waals surface area contributed by atoms with Crippen LogP contribution in [-0.4, -0.2) is 48.1 Å². The number of anilines is 1. The predicted molar refractivity (Wildman–Crippen MR) is 109 cm³/mol. The summed E-state index contributed by atoms with van der Waals surface area (Å²) in [6, 6.07) is 8.61. The van der Waals surface area contributed by atoms with Crippen LogP contribution < -0.4 is 9.80 Å². The van der Waals surface area contributed by atoms with Gasteiger partial charge in [-0.1, -0.05) is 0 Å². The number of halogens is 1. The minimum absolute atomic E-state index is 0.182. The summed E-state index contributed by atoms with van der Waals surface area (Å²) in [5, 5.41) is 2.84. The van der Waals surface area contributed by atoms with Gasteiger partial charge in [0.15, 0.2) is 5.13 Å². The number of nitrogens with zero attached hydrogens (tertiary/aromatic N) is 3. The molecule has 1 fully saturated rings. The predicted octanol–water partition coefficient (Wildman–Crippen LogP) is 2.28. The van der Waals surface area contributed by atoms with E-state index in [1.54, 1.807) is 17.5 Å². The van der Waals surface area contributed by atoms with Crippen LogP contribution in [0.4, 0.5) is 10.1 Å². The third kappa shape index (κ3) is 3.72. The molecule has 1 aromatic carbocycles. The van der Waals surface area contributed by atoms with Crippen molar-refractivity contribution in [3.05, 3.63) is 64.7 Å². The maximum atomic E-state index is 13.1. The number of hydrogen-bond donors (Lipinski definition) is 1. The number of thiazole rings is 1. The molecule has 3 aromatic rings. The number of piperazine rings is 1. The summed E-state index contributed by atoms with van der Waals surface area (Å²) in [7, 11) is 0. The lowest BCUT2D eigenvalue weighted by molar-refractivity contribution is -0.892. The van der Waals surface area contributed by atoms with E-state index >= 15 is 0 Å². The van der Waals surface area contributed by atoms with Crippen molar-refractivity contribution in [2.45, 2.75) is 13.8 Å². The largest absolute Gasteiger partial charge is 0.360 e. The summed E-state index contributed by atoms with van der Waals surface area (Å²) in [6.07, 6.45) is 1.78. The average Bonchev–Trinajstić information content (AvgIpc) is 3.31. The Balaban J connectivity index is 1.40. The first-order valence-corrected chi connectivity index (χ1v) is 10.4. The van der Waals surface area contributed by atoms with Crippen LogP contribution in [0, 0.1) is 19.7 Å². The molecule has 1 saturated heterocycles. The molecule has 1 aliphatic heterocycles. The summed E-state index contributed by atoms with van der Waals surface area (Å²) in [6.45, 7) is 8.03. The molecule has 146 valence electrons. The topological polar surface area (TPSA) is 42.6 Å². The van der Waals surface area contributed by atoms with E-state index in [1.807, 2.05) is 37.4 Å². The lowest BCUT2D eigenvalue weighted by atomic mass is 10.1. The number of ketones is 1. The van der Waals surface area contributed by atoms with Gasteiger partial charge in [-0.3, -0.25) is 9.36 Å². The Morgan fingerprint density at radius 2 is 1.93 bits per heavy atom. The normalized spacial score (nSPS) is 15.2. The zero-order valence-corrected chi connectivity index (χ0v) is 16.9. The molecule has 2 aromatic heterocycles. The van der Waals surface area contributed by atoms with Gasteiger partial charge in [-0.05, 0) is 44.2 Å². The van der Waals surface area contributed by atoms with Crippen molar-refractivity contribution < 1.29 is 14.1 Å². The highest BCUT2D eigenvalue weighted by atomic mass is 32.1. The quantitative estimate of drug-likeness (QED) is 0.670. The van der Waals surface area contributed by atoms with Gasteiger partial charge < -0.3 is 9.80 Å². The number of aromatic nitrogens is 2. The Morgan fingerprint density at radius 1 is 1.21 bits per heavy atom. The smallest absolute Gasteiger partial charge is 0.218 e. The minimum atomic E-state index is -0.214. The molecule has 28 heavy (non-hydrogen) atoms. The second kappa shape index (κ2) is 7.85. The van der Waals surface area contributed by atoms with E-state index in [9.17, 15) is 9.18 Å². The zero-order chi connectivity index (χ0) is 19.7. The van der Waals surface area contributed by atoms with E-state index in [0.717, 1.165) is 53.9 Å². The third-order valence-corrected chi connectivity index (χ3v) is 6.17. The van der Waals surface area contributed by atoms with E-state index in [4.69, 9.17) is 0 Å². The second-order valence-corrected chi connectivity index (χ2v) is 8.12. The molecule has 0 spiro atoms. The maximum Gasteiger partial charge on any atom is 0.218 e. The molecule has 0 radical (unpaired) electrons. The first-order valence-electron chi connectivity index (χ1n) is 9.49. The molecule has 0 unspecified atom stereocenters. The number of rotatable bonds is 5. The number of carbonyl (C=O) groups excluding carboxylic acids is 1. The van der Waals surface area contributed by atoms with Gasteiger partial charge in [-0.25, -0.2) is 9.37 Å². The van der Waals surface area contributed by atoms with Crippen LogP contribution in [0.2, 0.25) is 0 Å². The summed E-state index contributed by atoms with van der Waals surface area (Å²) < 4.78 is 15.2. The van der Waals surface area contributed by atoms with E-state index < -0.39 is 0 Å². The van der Waals surface area contributed by atoms with Gasteiger partial charge in [-0.15, -0.1) is 11.3 Å². The van der Waals surface area contributed by atoms with E-state index in [0.29, 0.717) is 6.54 Å². The molecule has 0 aliphatic carbocycles. The molecule has 3 heterocycles. The van der Waals surface area contributed by atoms with Crippen LogP contribution in [-0.2, 0) is 0 Å². The fraction of sp³-hybridized carbons (Fsp3) is 0.333. The molecular formula is C21H24FN4OS+. The van der Waals surface area contributed by atoms with Crippen molar-refractivity contribution in [2.24, 2.45) is 0 Å². The van der Waals surface area contributed by atoms with Gasteiger partial charge in [0, 0.05) is 34.2 Å². The molecule has 1 aliphatic rings. The Kier molecular flexibility index (Phi) is 5.28. The molecule has 5 nitrogen and oxygen atoms in total. The highest BCUT2D eigenvalue weighted by molar-refractivity contribution is 7.12. The molecule has 0 bridgehead atoms. The number of quaternary nitrogens is 1. The van der Waals surface area contributed by atoms with Crippen LogP contribution >= 0.6 is 11.3 Å².